The van der Waals surface area contributed by atoms with Crippen LogP contribution in [0.15, 0.2) is 18.2 Å². The van der Waals surface area contributed by atoms with Crippen molar-refractivity contribution in [2.45, 2.75) is 32.4 Å². The van der Waals surface area contributed by atoms with Crippen LogP contribution in [0.4, 0.5) is 0 Å². The third-order valence-corrected chi connectivity index (χ3v) is 4.76. The van der Waals surface area contributed by atoms with Crippen LogP contribution in [-0.2, 0) is 6.54 Å². The fraction of sp³-hybridized carbons (Fsp3) is 0.571. The van der Waals surface area contributed by atoms with E-state index in [0.29, 0.717) is 0 Å². The molecular formula is C14H21IN2. The first-order valence-electron chi connectivity index (χ1n) is 6.32. The minimum Gasteiger partial charge on any atom is -0.313 e. The summed E-state index contributed by atoms with van der Waals surface area (Å²) in [6, 6.07) is 7.39. The van der Waals surface area contributed by atoms with Crippen LogP contribution in [0.25, 0.3) is 0 Å². The summed E-state index contributed by atoms with van der Waals surface area (Å²) in [4.78, 5) is 2.40. The lowest BCUT2D eigenvalue weighted by Crippen LogP contribution is -2.30. The first-order chi connectivity index (χ1) is 8.16. The molecule has 1 aliphatic rings. The van der Waals surface area contributed by atoms with Crippen LogP contribution in [-0.4, -0.2) is 31.1 Å². The van der Waals surface area contributed by atoms with Gasteiger partial charge in [0.2, 0.25) is 0 Å². The van der Waals surface area contributed by atoms with Crippen molar-refractivity contribution < 1.29 is 0 Å². The van der Waals surface area contributed by atoms with Crippen molar-refractivity contribution in [3.05, 3.63) is 32.9 Å². The molecule has 1 N–H and O–H groups in total. The zero-order chi connectivity index (χ0) is 12.3. The second-order valence-corrected chi connectivity index (χ2v) is 6.09. The third kappa shape index (κ3) is 4.23. The molecule has 2 rings (SSSR count). The zero-order valence-electron chi connectivity index (χ0n) is 10.7. The van der Waals surface area contributed by atoms with Crippen molar-refractivity contribution in [2.75, 3.05) is 20.1 Å². The summed E-state index contributed by atoms with van der Waals surface area (Å²) in [5, 5.41) is 3.56. The number of nitrogens with one attached hydrogen (secondary N) is 1. The van der Waals surface area contributed by atoms with Gasteiger partial charge in [0, 0.05) is 29.2 Å². The van der Waals surface area contributed by atoms with Crippen LogP contribution >= 0.6 is 22.6 Å². The normalized spacial score (nSPS) is 15.5. The molecule has 0 radical (unpaired) electrons. The maximum atomic E-state index is 3.56. The molecule has 0 spiro atoms. The molecule has 3 heteroatoms. The number of nitrogens with zero attached hydrogens (tertiary/aromatic N) is 1. The van der Waals surface area contributed by atoms with E-state index in [0.717, 1.165) is 25.7 Å². The average molecular weight is 344 g/mol. The van der Waals surface area contributed by atoms with E-state index in [2.05, 4.69) is 65.0 Å². The van der Waals surface area contributed by atoms with Gasteiger partial charge < -0.3 is 10.2 Å². The van der Waals surface area contributed by atoms with Crippen molar-refractivity contribution >= 4 is 22.6 Å². The number of rotatable bonds is 6. The highest BCUT2D eigenvalue weighted by Gasteiger charge is 2.19. The van der Waals surface area contributed by atoms with Crippen molar-refractivity contribution in [1.82, 2.24) is 10.2 Å². The molecule has 1 fully saturated rings. The van der Waals surface area contributed by atoms with Crippen LogP contribution in [0.3, 0.4) is 0 Å². The van der Waals surface area contributed by atoms with Crippen LogP contribution < -0.4 is 5.32 Å². The highest BCUT2D eigenvalue weighted by molar-refractivity contribution is 14.1. The zero-order valence-corrected chi connectivity index (χ0v) is 12.8. The maximum Gasteiger partial charge on any atom is 0.0241 e. The van der Waals surface area contributed by atoms with Gasteiger partial charge in [-0.1, -0.05) is 18.2 Å². The Hall–Kier alpha value is -0.130. The monoisotopic (exact) mass is 344 g/mol. The fourth-order valence-electron chi connectivity index (χ4n) is 1.95. The minimum absolute atomic E-state index is 0.822. The second-order valence-electron chi connectivity index (χ2n) is 5.01. The third-order valence-electron chi connectivity index (χ3n) is 3.22. The highest BCUT2D eigenvalue weighted by Crippen LogP contribution is 2.19. The molecule has 1 aliphatic carbocycles. The second kappa shape index (κ2) is 6.16. The Balaban J connectivity index is 1.79. The number of aryl methyl sites for hydroxylation is 1. The summed E-state index contributed by atoms with van der Waals surface area (Å²) in [6.07, 6.45) is 2.75. The van der Waals surface area contributed by atoms with Crippen molar-refractivity contribution in [2.24, 2.45) is 0 Å². The standard InChI is InChI=1S/C14H21IN2/c1-11-4-3-5-12(14(11)15)10-17(2)9-8-16-13-6-7-13/h3-5,13,16H,6-10H2,1-2H3. The topological polar surface area (TPSA) is 15.3 Å². The molecule has 1 aromatic rings. The molecule has 2 nitrogen and oxygen atoms in total. The highest BCUT2D eigenvalue weighted by atomic mass is 127. The predicted molar refractivity (Wildman–Crippen MR) is 81.3 cm³/mol. The van der Waals surface area contributed by atoms with Gasteiger partial charge in [0.25, 0.3) is 0 Å². The van der Waals surface area contributed by atoms with Gasteiger partial charge in [-0.05, 0) is 60.5 Å². The van der Waals surface area contributed by atoms with Crippen LogP contribution in [0.1, 0.15) is 24.0 Å². The van der Waals surface area contributed by atoms with E-state index in [1.54, 1.807) is 0 Å². The number of likely N-dealkylation sites (N-methyl/N-ethyl adjacent to an activating group) is 1. The van der Waals surface area contributed by atoms with E-state index < -0.39 is 0 Å². The summed E-state index contributed by atoms with van der Waals surface area (Å²) >= 11 is 2.45. The summed E-state index contributed by atoms with van der Waals surface area (Å²) in [7, 11) is 2.20. The Morgan fingerprint density at radius 3 is 2.88 bits per heavy atom. The molecule has 1 saturated carbocycles. The largest absolute Gasteiger partial charge is 0.313 e. The summed E-state index contributed by atoms with van der Waals surface area (Å²) in [5.41, 5.74) is 2.83. The Bertz CT molecular complexity index is 374. The van der Waals surface area contributed by atoms with Crippen molar-refractivity contribution in [1.29, 1.82) is 0 Å². The lowest BCUT2D eigenvalue weighted by molar-refractivity contribution is 0.323. The van der Waals surface area contributed by atoms with E-state index in [1.165, 1.54) is 27.5 Å². The van der Waals surface area contributed by atoms with Crippen molar-refractivity contribution in [3.63, 3.8) is 0 Å². The molecule has 0 saturated heterocycles. The van der Waals surface area contributed by atoms with Gasteiger partial charge in [0.05, 0.1) is 0 Å². The summed E-state index contributed by atoms with van der Waals surface area (Å²) < 4.78 is 1.41. The van der Waals surface area contributed by atoms with E-state index >= 15 is 0 Å². The number of hydrogen-bond donors (Lipinski definition) is 1. The molecule has 0 aromatic heterocycles. The number of halogens is 1. The Kier molecular flexibility index (Phi) is 4.82. The van der Waals surface area contributed by atoms with Gasteiger partial charge in [-0.3, -0.25) is 0 Å². The fourth-order valence-corrected chi connectivity index (χ4v) is 2.48. The van der Waals surface area contributed by atoms with Crippen molar-refractivity contribution in [3.8, 4) is 0 Å². The first-order valence-corrected chi connectivity index (χ1v) is 7.40. The molecule has 17 heavy (non-hydrogen) atoms. The van der Waals surface area contributed by atoms with Gasteiger partial charge in [0.1, 0.15) is 0 Å². The maximum absolute atomic E-state index is 3.56. The molecule has 0 atom stereocenters. The lowest BCUT2D eigenvalue weighted by Gasteiger charge is -2.18. The van der Waals surface area contributed by atoms with E-state index in [-0.39, 0.29) is 0 Å². The van der Waals surface area contributed by atoms with Crippen LogP contribution in [0, 0.1) is 10.5 Å². The lowest BCUT2D eigenvalue weighted by atomic mass is 10.1. The molecule has 0 amide bonds. The van der Waals surface area contributed by atoms with Gasteiger partial charge in [-0.2, -0.15) is 0 Å². The molecule has 0 heterocycles. The summed E-state index contributed by atoms with van der Waals surface area (Å²) in [6.45, 7) is 5.47. The van der Waals surface area contributed by atoms with Gasteiger partial charge in [-0.25, -0.2) is 0 Å². The Labute approximate surface area is 118 Å². The predicted octanol–water partition coefficient (Wildman–Crippen LogP) is 2.78. The smallest absolute Gasteiger partial charge is 0.0241 e. The van der Waals surface area contributed by atoms with Crippen LogP contribution in [0.5, 0.6) is 0 Å². The molecule has 94 valence electrons. The first kappa shape index (κ1) is 13.3. The van der Waals surface area contributed by atoms with E-state index in [9.17, 15) is 0 Å². The van der Waals surface area contributed by atoms with Gasteiger partial charge in [0.15, 0.2) is 0 Å². The SMILES string of the molecule is Cc1cccc(CN(C)CCNC2CC2)c1I. The van der Waals surface area contributed by atoms with Gasteiger partial charge in [-0.15, -0.1) is 0 Å². The molecule has 0 aliphatic heterocycles. The summed E-state index contributed by atoms with van der Waals surface area (Å²) in [5.74, 6) is 0. The van der Waals surface area contributed by atoms with E-state index in [4.69, 9.17) is 0 Å². The Morgan fingerprint density at radius 1 is 1.41 bits per heavy atom. The molecule has 0 bridgehead atoms. The van der Waals surface area contributed by atoms with Gasteiger partial charge >= 0.3 is 0 Å². The molecule has 1 aromatic carbocycles. The Morgan fingerprint density at radius 2 is 2.18 bits per heavy atom. The molecule has 0 unspecified atom stereocenters. The minimum atomic E-state index is 0.822. The number of benzene rings is 1. The molecular weight excluding hydrogens is 323 g/mol. The average Bonchev–Trinajstić information content (AvgIpc) is 3.09. The number of hydrogen-bond acceptors (Lipinski definition) is 2. The quantitative estimate of drug-likeness (QED) is 0.799. The van der Waals surface area contributed by atoms with E-state index in [1.807, 2.05) is 0 Å². The van der Waals surface area contributed by atoms with Crippen LogP contribution in [0.2, 0.25) is 0 Å².